The van der Waals surface area contributed by atoms with Crippen LogP contribution in [0.1, 0.15) is 45.7 Å². The van der Waals surface area contributed by atoms with Crippen molar-refractivity contribution in [2.45, 2.75) is 44.9 Å². The summed E-state index contributed by atoms with van der Waals surface area (Å²) in [7, 11) is -3.58. The van der Waals surface area contributed by atoms with Crippen molar-refractivity contribution in [2.24, 2.45) is 0 Å². The van der Waals surface area contributed by atoms with E-state index < -0.39 is 20.8 Å². The Morgan fingerprint density at radius 1 is 1.23 bits per heavy atom. The van der Waals surface area contributed by atoms with Crippen molar-refractivity contribution in [1.29, 1.82) is 0 Å². The van der Waals surface area contributed by atoms with Gasteiger partial charge in [-0.05, 0) is 38.5 Å². The smallest absolute Gasteiger partial charge is 0.221 e. The molecule has 0 aromatic heterocycles. The fraction of sp³-hybridized carbons (Fsp3) is 0.467. The number of amides is 1. The maximum absolute atomic E-state index is 12.2. The fourth-order valence-corrected chi connectivity index (χ4v) is 2.67. The van der Waals surface area contributed by atoms with E-state index in [4.69, 9.17) is 0 Å². The molecule has 0 bridgehead atoms. The quantitative estimate of drug-likeness (QED) is 0.782. The topological polar surface area (TPSA) is 92.3 Å². The van der Waals surface area contributed by atoms with Crippen molar-refractivity contribution in [1.82, 2.24) is 4.72 Å². The Morgan fingerprint density at radius 3 is 2.18 bits per heavy atom. The second kappa shape index (κ2) is 7.02. The lowest BCUT2D eigenvalue weighted by Gasteiger charge is -2.24. The predicted octanol–water partition coefficient (Wildman–Crippen LogP) is 1.99. The van der Waals surface area contributed by atoms with Gasteiger partial charge in [0.05, 0.1) is 10.8 Å². The summed E-state index contributed by atoms with van der Waals surface area (Å²) in [5.41, 5.74) is 1.27. The lowest BCUT2D eigenvalue weighted by molar-refractivity contribution is -0.114. The van der Waals surface area contributed by atoms with Crippen molar-refractivity contribution in [3.05, 3.63) is 29.8 Å². The van der Waals surface area contributed by atoms with Gasteiger partial charge in [-0.2, -0.15) is 0 Å². The SMILES string of the molecule is CC(=O)Nc1ccc(C(CC=O)NS(=O)(=O)C(C)(C)C)cc1. The Kier molecular flexibility index (Phi) is 5.85. The molecule has 1 rings (SSSR count). The summed E-state index contributed by atoms with van der Waals surface area (Å²) in [6.45, 7) is 6.17. The maximum atomic E-state index is 12.2. The van der Waals surface area contributed by atoms with Crippen LogP contribution in [0, 0.1) is 0 Å². The molecule has 0 aliphatic carbocycles. The number of carbonyl (C=O) groups is 2. The highest BCUT2D eigenvalue weighted by Gasteiger charge is 2.31. The Labute approximate surface area is 131 Å². The normalized spacial score (nSPS) is 13.5. The second-order valence-electron chi connectivity index (χ2n) is 5.99. The number of anilines is 1. The molecule has 22 heavy (non-hydrogen) atoms. The van der Waals surface area contributed by atoms with E-state index >= 15 is 0 Å². The molecule has 0 saturated carbocycles. The van der Waals surface area contributed by atoms with Gasteiger partial charge >= 0.3 is 0 Å². The third-order valence-electron chi connectivity index (χ3n) is 3.07. The van der Waals surface area contributed by atoms with Gasteiger partial charge in [-0.1, -0.05) is 12.1 Å². The van der Waals surface area contributed by atoms with Crippen LogP contribution in [0.2, 0.25) is 0 Å². The Hall–Kier alpha value is -1.73. The molecule has 7 heteroatoms. The summed E-state index contributed by atoms with van der Waals surface area (Å²) in [6, 6.07) is 6.07. The predicted molar refractivity (Wildman–Crippen MR) is 86.0 cm³/mol. The first-order chi connectivity index (χ1) is 10.1. The zero-order valence-electron chi connectivity index (χ0n) is 13.2. The third-order valence-corrected chi connectivity index (χ3v) is 5.28. The van der Waals surface area contributed by atoms with Crippen LogP contribution in [0.4, 0.5) is 5.69 Å². The van der Waals surface area contributed by atoms with Gasteiger partial charge < -0.3 is 10.1 Å². The molecule has 0 radical (unpaired) electrons. The van der Waals surface area contributed by atoms with E-state index in [1.165, 1.54) is 6.92 Å². The number of aldehydes is 1. The molecule has 0 aliphatic heterocycles. The first-order valence-corrected chi connectivity index (χ1v) is 8.38. The first-order valence-electron chi connectivity index (χ1n) is 6.90. The molecule has 0 heterocycles. The Bertz CT molecular complexity index is 631. The summed E-state index contributed by atoms with van der Waals surface area (Å²) in [4.78, 5) is 21.8. The average molecular weight is 326 g/mol. The zero-order chi connectivity index (χ0) is 17.0. The molecule has 0 fully saturated rings. The molecular weight excluding hydrogens is 304 g/mol. The number of hydrogen-bond acceptors (Lipinski definition) is 4. The van der Waals surface area contributed by atoms with Gasteiger partial charge in [-0.15, -0.1) is 0 Å². The van der Waals surface area contributed by atoms with E-state index in [0.717, 1.165) is 0 Å². The zero-order valence-corrected chi connectivity index (χ0v) is 14.0. The van der Waals surface area contributed by atoms with E-state index in [1.54, 1.807) is 45.0 Å². The minimum absolute atomic E-state index is 0.0365. The number of rotatable bonds is 6. The van der Waals surface area contributed by atoms with E-state index in [9.17, 15) is 18.0 Å². The lowest BCUT2D eigenvalue weighted by atomic mass is 10.1. The van der Waals surface area contributed by atoms with Gasteiger partial charge in [0, 0.05) is 19.0 Å². The highest BCUT2D eigenvalue weighted by molar-refractivity contribution is 7.90. The van der Waals surface area contributed by atoms with Gasteiger partial charge in [-0.3, -0.25) is 4.79 Å². The van der Waals surface area contributed by atoms with Crippen LogP contribution in [0.15, 0.2) is 24.3 Å². The van der Waals surface area contributed by atoms with Crippen molar-refractivity contribution >= 4 is 27.9 Å². The number of sulfonamides is 1. The Morgan fingerprint density at radius 2 is 1.77 bits per heavy atom. The standard InChI is InChI=1S/C15H22N2O4S/c1-11(19)16-13-7-5-12(6-8-13)14(9-10-18)17-22(20,21)15(2,3)4/h5-8,10,14,17H,9H2,1-4H3,(H,16,19). The van der Waals surface area contributed by atoms with Gasteiger partial charge in [0.15, 0.2) is 0 Å². The van der Waals surface area contributed by atoms with Gasteiger partial charge in [0.25, 0.3) is 0 Å². The van der Waals surface area contributed by atoms with Crippen LogP contribution in [0.25, 0.3) is 0 Å². The monoisotopic (exact) mass is 326 g/mol. The van der Waals surface area contributed by atoms with Crippen molar-refractivity contribution < 1.29 is 18.0 Å². The number of hydrogen-bond donors (Lipinski definition) is 2. The third kappa shape index (κ3) is 4.92. The summed E-state index contributed by atoms with van der Waals surface area (Å²) in [5.74, 6) is -0.189. The molecule has 1 unspecified atom stereocenters. The number of benzene rings is 1. The second-order valence-corrected chi connectivity index (χ2v) is 8.46. The summed E-state index contributed by atoms with van der Waals surface area (Å²) in [6.07, 6.45) is 0.715. The molecule has 1 aromatic rings. The largest absolute Gasteiger partial charge is 0.326 e. The lowest BCUT2D eigenvalue weighted by Crippen LogP contribution is -2.41. The molecule has 0 spiro atoms. The molecule has 0 saturated heterocycles. The highest BCUT2D eigenvalue weighted by Crippen LogP contribution is 2.23. The molecule has 6 nitrogen and oxygen atoms in total. The van der Waals surface area contributed by atoms with Gasteiger partial charge in [0.1, 0.15) is 6.29 Å². The summed E-state index contributed by atoms with van der Waals surface area (Å²) < 4.78 is 26.1. The molecule has 2 N–H and O–H groups in total. The molecule has 1 aromatic carbocycles. The van der Waals surface area contributed by atoms with Gasteiger partial charge in [-0.25, -0.2) is 13.1 Å². The van der Waals surface area contributed by atoms with Crippen LogP contribution in [-0.4, -0.2) is 25.4 Å². The average Bonchev–Trinajstić information content (AvgIpc) is 2.37. The van der Waals surface area contributed by atoms with Crippen LogP contribution in [0.3, 0.4) is 0 Å². The summed E-state index contributed by atoms with van der Waals surface area (Å²) >= 11 is 0. The first kappa shape index (κ1) is 18.3. The van der Waals surface area contributed by atoms with Crippen LogP contribution >= 0.6 is 0 Å². The van der Waals surface area contributed by atoms with Gasteiger partial charge in [0.2, 0.25) is 15.9 Å². The molecule has 1 amide bonds. The molecule has 122 valence electrons. The fourth-order valence-electron chi connectivity index (χ4n) is 1.71. The Balaban J connectivity index is 3.01. The summed E-state index contributed by atoms with van der Waals surface area (Å²) in [5, 5.41) is 2.63. The van der Waals surface area contributed by atoms with Crippen molar-refractivity contribution in [3.8, 4) is 0 Å². The molecule has 1 atom stereocenters. The van der Waals surface area contributed by atoms with Crippen molar-refractivity contribution in [2.75, 3.05) is 5.32 Å². The highest BCUT2D eigenvalue weighted by atomic mass is 32.2. The van der Waals surface area contributed by atoms with E-state index in [2.05, 4.69) is 10.0 Å². The molecule has 0 aliphatic rings. The van der Waals surface area contributed by atoms with Crippen LogP contribution < -0.4 is 10.0 Å². The van der Waals surface area contributed by atoms with Crippen LogP contribution in [0.5, 0.6) is 0 Å². The van der Waals surface area contributed by atoms with Crippen LogP contribution in [-0.2, 0) is 19.6 Å². The number of nitrogens with one attached hydrogen (secondary N) is 2. The van der Waals surface area contributed by atoms with E-state index in [0.29, 0.717) is 17.5 Å². The number of carbonyl (C=O) groups excluding carboxylic acids is 2. The van der Waals surface area contributed by atoms with E-state index in [-0.39, 0.29) is 12.3 Å². The van der Waals surface area contributed by atoms with E-state index in [1.807, 2.05) is 0 Å². The maximum Gasteiger partial charge on any atom is 0.221 e. The van der Waals surface area contributed by atoms with Crippen molar-refractivity contribution in [3.63, 3.8) is 0 Å². The minimum Gasteiger partial charge on any atom is -0.326 e. The minimum atomic E-state index is -3.58. The molecular formula is C15H22N2O4S.